The third kappa shape index (κ3) is 4.44. The highest BCUT2D eigenvalue weighted by molar-refractivity contribution is 6.31. The fourth-order valence-electron chi connectivity index (χ4n) is 1.91. The molecule has 0 fully saturated rings. The third-order valence-electron chi connectivity index (χ3n) is 3.09. The topological polar surface area (TPSA) is 83.5 Å². The standard InChI is InChI=1S/C15H17ClN4O/c16-14-8-12(15(17)20-21)3-4-13(14)10-19-7-5-11-2-1-6-18-9-11/h1-4,6,8-9,19,21H,5,7,10H2,(H2,17,20). The van der Waals surface area contributed by atoms with E-state index in [-0.39, 0.29) is 5.84 Å². The van der Waals surface area contributed by atoms with E-state index >= 15 is 0 Å². The number of nitrogens with two attached hydrogens (primary N) is 1. The Kier molecular flexibility index (Phi) is 5.54. The monoisotopic (exact) mass is 304 g/mol. The second-order valence-corrected chi connectivity index (χ2v) is 4.99. The molecular weight excluding hydrogens is 288 g/mol. The van der Waals surface area contributed by atoms with Gasteiger partial charge in [-0.15, -0.1) is 0 Å². The number of nitrogens with zero attached hydrogens (tertiary/aromatic N) is 2. The van der Waals surface area contributed by atoms with Gasteiger partial charge in [-0.2, -0.15) is 0 Å². The van der Waals surface area contributed by atoms with Crippen LogP contribution in [0.25, 0.3) is 0 Å². The number of hydrogen-bond acceptors (Lipinski definition) is 4. The van der Waals surface area contributed by atoms with Gasteiger partial charge in [0.1, 0.15) is 0 Å². The number of rotatable bonds is 6. The van der Waals surface area contributed by atoms with Crippen molar-refractivity contribution >= 4 is 17.4 Å². The SMILES string of the molecule is N/C(=N/O)c1ccc(CNCCc2cccnc2)c(Cl)c1. The summed E-state index contributed by atoms with van der Waals surface area (Å²) in [5, 5.41) is 15.5. The number of pyridine rings is 1. The first kappa shape index (κ1) is 15.3. The molecule has 0 amide bonds. The average molecular weight is 305 g/mol. The first-order valence-electron chi connectivity index (χ1n) is 6.56. The van der Waals surface area contributed by atoms with Gasteiger partial charge in [-0.3, -0.25) is 4.98 Å². The molecule has 1 heterocycles. The lowest BCUT2D eigenvalue weighted by molar-refractivity contribution is 0.318. The summed E-state index contributed by atoms with van der Waals surface area (Å²) in [6.45, 7) is 1.50. The van der Waals surface area contributed by atoms with Crippen LogP contribution in [0.1, 0.15) is 16.7 Å². The predicted octanol–water partition coefficient (Wildman–Crippen LogP) is 2.16. The molecule has 0 bridgehead atoms. The molecule has 0 aliphatic carbocycles. The molecule has 2 rings (SSSR count). The van der Waals surface area contributed by atoms with Crippen molar-refractivity contribution < 1.29 is 5.21 Å². The molecule has 0 spiro atoms. The predicted molar refractivity (Wildman–Crippen MR) is 83.6 cm³/mol. The Morgan fingerprint density at radius 1 is 1.38 bits per heavy atom. The van der Waals surface area contributed by atoms with E-state index in [1.165, 1.54) is 5.56 Å². The first-order valence-corrected chi connectivity index (χ1v) is 6.94. The number of hydrogen-bond donors (Lipinski definition) is 3. The van der Waals surface area contributed by atoms with E-state index in [4.69, 9.17) is 22.5 Å². The van der Waals surface area contributed by atoms with Crippen molar-refractivity contribution in [3.8, 4) is 0 Å². The van der Waals surface area contributed by atoms with Crippen molar-refractivity contribution in [2.45, 2.75) is 13.0 Å². The molecule has 110 valence electrons. The van der Waals surface area contributed by atoms with E-state index in [9.17, 15) is 0 Å². The van der Waals surface area contributed by atoms with Crippen molar-refractivity contribution in [3.05, 3.63) is 64.4 Å². The molecule has 1 aromatic heterocycles. The van der Waals surface area contributed by atoms with Crippen LogP contribution >= 0.6 is 11.6 Å². The summed E-state index contributed by atoms with van der Waals surface area (Å²) in [4.78, 5) is 4.08. The lowest BCUT2D eigenvalue weighted by Gasteiger charge is -2.08. The number of nitrogens with one attached hydrogen (secondary N) is 1. The molecule has 4 N–H and O–H groups in total. The maximum Gasteiger partial charge on any atom is 0.170 e. The molecule has 0 aliphatic heterocycles. The summed E-state index contributed by atoms with van der Waals surface area (Å²) in [6.07, 6.45) is 4.54. The fourth-order valence-corrected chi connectivity index (χ4v) is 2.16. The van der Waals surface area contributed by atoms with Crippen LogP contribution in [0.2, 0.25) is 5.02 Å². The normalized spacial score (nSPS) is 11.6. The Labute approximate surface area is 128 Å². The fraction of sp³-hybridized carbons (Fsp3) is 0.200. The van der Waals surface area contributed by atoms with Crippen molar-refractivity contribution in [1.82, 2.24) is 10.3 Å². The molecule has 6 heteroatoms. The van der Waals surface area contributed by atoms with E-state index in [0.29, 0.717) is 17.1 Å². The Bertz CT molecular complexity index is 616. The highest BCUT2D eigenvalue weighted by atomic mass is 35.5. The van der Waals surface area contributed by atoms with E-state index in [1.807, 2.05) is 24.4 Å². The zero-order valence-electron chi connectivity index (χ0n) is 11.5. The van der Waals surface area contributed by atoms with E-state index in [0.717, 1.165) is 18.5 Å². The zero-order chi connectivity index (χ0) is 15.1. The van der Waals surface area contributed by atoms with Gasteiger partial charge in [-0.05, 0) is 36.2 Å². The largest absolute Gasteiger partial charge is 0.409 e. The Balaban J connectivity index is 1.86. The van der Waals surface area contributed by atoms with E-state index < -0.39 is 0 Å². The van der Waals surface area contributed by atoms with Crippen LogP contribution in [-0.2, 0) is 13.0 Å². The van der Waals surface area contributed by atoms with Crippen molar-refractivity contribution in [3.63, 3.8) is 0 Å². The van der Waals surface area contributed by atoms with Crippen LogP contribution < -0.4 is 11.1 Å². The van der Waals surface area contributed by atoms with Gasteiger partial charge in [-0.1, -0.05) is 35.0 Å². The molecule has 0 aliphatic rings. The van der Waals surface area contributed by atoms with Gasteiger partial charge in [0.05, 0.1) is 0 Å². The molecule has 0 saturated carbocycles. The second-order valence-electron chi connectivity index (χ2n) is 4.58. The number of aromatic nitrogens is 1. The molecule has 0 radical (unpaired) electrons. The lowest BCUT2D eigenvalue weighted by Crippen LogP contribution is -2.17. The highest BCUT2D eigenvalue weighted by Gasteiger charge is 2.05. The molecule has 0 unspecified atom stereocenters. The Morgan fingerprint density at radius 3 is 2.90 bits per heavy atom. The maximum atomic E-state index is 8.63. The minimum Gasteiger partial charge on any atom is -0.409 e. The number of benzene rings is 1. The zero-order valence-corrected chi connectivity index (χ0v) is 12.2. The van der Waals surface area contributed by atoms with Crippen molar-refractivity contribution in [2.75, 3.05) is 6.54 Å². The Morgan fingerprint density at radius 2 is 2.24 bits per heavy atom. The van der Waals surface area contributed by atoms with Gasteiger partial charge >= 0.3 is 0 Å². The van der Waals surface area contributed by atoms with Gasteiger partial charge in [0.25, 0.3) is 0 Å². The van der Waals surface area contributed by atoms with Crippen LogP contribution in [0, 0.1) is 0 Å². The smallest absolute Gasteiger partial charge is 0.170 e. The van der Waals surface area contributed by atoms with Crippen molar-refractivity contribution in [2.24, 2.45) is 10.9 Å². The number of amidine groups is 1. The summed E-state index contributed by atoms with van der Waals surface area (Å²) in [5.41, 5.74) is 8.28. The van der Waals surface area contributed by atoms with Gasteiger partial charge in [-0.25, -0.2) is 0 Å². The quantitative estimate of drug-likeness (QED) is 0.251. The van der Waals surface area contributed by atoms with Crippen LogP contribution in [0.3, 0.4) is 0 Å². The van der Waals surface area contributed by atoms with Crippen LogP contribution in [0.15, 0.2) is 47.9 Å². The number of halogens is 1. The third-order valence-corrected chi connectivity index (χ3v) is 3.44. The average Bonchev–Trinajstić information content (AvgIpc) is 2.53. The summed E-state index contributed by atoms with van der Waals surface area (Å²) >= 11 is 6.18. The van der Waals surface area contributed by atoms with Gasteiger partial charge in [0, 0.05) is 29.5 Å². The minimum atomic E-state index is 0.0491. The second kappa shape index (κ2) is 7.61. The summed E-state index contributed by atoms with van der Waals surface area (Å²) in [6, 6.07) is 9.31. The van der Waals surface area contributed by atoms with Gasteiger partial charge in [0.15, 0.2) is 5.84 Å². The molecule has 1 aromatic carbocycles. The van der Waals surface area contributed by atoms with E-state index in [2.05, 4.69) is 15.5 Å². The molecule has 2 aromatic rings. The van der Waals surface area contributed by atoms with Gasteiger partial charge in [0.2, 0.25) is 0 Å². The van der Waals surface area contributed by atoms with Crippen LogP contribution in [0.4, 0.5) is 0 Å². The minimum absolute atomic E-state index is 0.0491. The molecule has 5 nitrogen and oxygen atoms in total. The summed E-state index contributed by atoms with van der Waals surface area (Å²) in [5.74, 6) is 0.0491. The molecule has 0 atom stereocenters. The van der Waals surface area contributed by atoms with Crippen LogP contribution in [-0.4, -0.2) is 22.6 Å². The summed E-state index contributed by atoms with van der Waals surface area (Å²) < 4.78 is 0. The maximum absolute atomic E-state index is 8.63. The summed E-state index contributed by atoms with van der Waals surface area (Å²) in [7, 11) is 0. The highest BCUT2D eigenvalue weighted by Crippen LogP contribution is 2.17. The molecule has 0 saturated heterocycles. The Hall–Kier alpha value is -2.11. The van der Waals surface area contributed by atoms with Crippen molar-refractivity contribution in [1.29, 1.82) is 0 Å². The number of oxime groups is 1. The van der Waals surface area contributed by atoms with E-state index in [1.54, 1.807) is 18.3 Å². The molecular formula is C15H17ClN4O. The first-order chi connectivity index (χ1) is 10.2. The van der Waals surface area contributed by atoms with Gasteiger partial charge < -0.3 is 16.3 Å². The molecule has 21 heavy (non-hydrogen) atoms. The van der Waals surface area contributed by atoms with Crippen LogP contribution in [0.5, 0.6) is 0 Å². The lowest BCUT2D eigenvalue weighted by atomic mass is 10.1.